The molecule has 2 heterocycles. The van der Waals surface area contributed by atoms with Crippen LogP contribution in [0.3, 0.4) is 0 Å². The predicted molar refractivity (Wildman–Crippen MR) is 72.4 cm³/mol. The number of fused-ring (bicyclic) bond motifs is 1. The van der Waals surface area contributed by atoms with Gasteiger partial charge in [-0.2, -0.15) is 0 Å². The van der Waals surface area contributed by atoms with E-state index < -0.39 is 0 Å². The van der Waals surface area contributed by atoms with Crippen LogP contribution < -0.4 is 5.32 Å². The number of nitrogens with zero attached hydrogens (tertiary/aromatic N) is 2. The molecule has 0 saturated carbocycles. The van der Waals surface area contributed by atoms with Crippen LogP contribution >= 0.6 is 0 Å². The summed E-state index contributed by atoms with van der Waals surface area (Å²) in [6.07, 6.45) is 6.21. The lowest BCUT2D eigenvalue weighted by Crippen LogP contribution is -2.36. The SMILES string of the molecule is Cc1ccc(CN[C@@H]2CCn3ccnc3C2)cc1. The minimum atomic E-state index is 0.557. The summed E-state index contributed by atoms with van der Waals surface area (Å²) >= 11 is 0. The van der Waals surface area contributed by atoms with Crippen LogP contribution in [0.4, 0.5) is 0 Å². The van der Waals surface area contributed by atoms with E-state index in [1.807, 2.05) is 6.20 Å². The monoisotopic (exact) mass is 241 g/mol. The first-order chi connectivity index (χ1) is 8.81. The number of hydrogen-bond acceptors (Lipinski definition) is 2. The van der Waals surface area contributed by atoms with Crippen LogP contribution in [0.5, 0.6) is 0 Å². The third-order valence-electron chi connectivity index (χ3n) is 3.66. The Hall–Kier alpha value is -1.61. The summed E-state index contributed by atoms with van der Waals surface area (Å²) in [5.74, 6) is 1.21. The number of benzene rings is 1. The molecule has 3 nitrogen and oxygen atoms in total. The summed E-state index contributed by atoms with van der Waals surface area (Å²) < 4.78 is 2.25. The zero-order valence-corrected chi connectivity index (χ0v) is 10.8. The smallest absolute Gasteiger partial charge is 0.110 e. The van der Waals surface area contributed by atoms with Gasteiger partial charge in [-0.15, -0.1) is 0 Å². The average molecular weight is 241 g/mol. The van der Waals surface area contributed by atoms with Crippen molar-refractivity contribution in [2.75, 3.05) is 0 Å². The van der Waals surface area contributed by atoms with Crippen LogP contribution in [0.2, 0.25) is 0 Å². The predicted octanol–water partition coefficient (Wildman–Crippen LogP) is 2.30. The molecule has 1 aromatic carbocycles. The van der Waals surface area contributed by atoms with Gasteiger partial charge >= 0.3 is 0 Å². The summed E-state index contributed by atoms with van der Waals surface area (Å²) in [5, 5.41) is 3.63. The standard InChI is InChI=1S/C15H19N3/c1-12-2-4-13(5-3-12)11-17-14-6-8-18-9-7-16-15(18)10-14/h2-5,7,9,14,17H,6,8,10-11H2,1H3/t14-/m1/s1. The fourth-order valence-corrected chi connectivity index (χ4v) is 2.49. The van der Waals surface area contributed by atoms with Gasteiger partial charge in [0.2, 0.25) is 0 Å². The first-order valence-electron chi connectivity index (χ1n) is 6.60. The van der Waals surface area contributed by atoms with Crippen molar-refractivity contribution in [2.24, 2.45) is 0 Å². The molecule has 1 aromatic heterocycles. The third-order valence-corrected chi connectivity index (χ3v) is 3.66. The molecule has 0 saturated heterocycles. The zero-order chi connectivity index (χ0) is 12.4. The lowest BCUT2D eigenvalue weighted by molar-refractivity contribution is 0.392. The topological polar surface area (TPSA) is 29.9 Å². The van der Waals surface area contributed by atoms with Crippen molar-refractivity contribution in [1.29, 1.82) is 0 Å². The van der Waals surface area contributed by atoms with E-state index in [0.29, 0.717) is 6.04 Å². The van der Waals surface area contributed by atoms with E-state index in [0.717, 1.165) is 19.5 Å². The van der Waals surface area contributed by atoms with Gasteiger partial charge in [0.15, 0.2) is 0 Å². The molecular weight excluding hydrogens is 222 g/mol. The highest BCUT2D eigenvalue weighted by atomic mass is 15.1. The lowest BCUT2D eigenvalue weighted by atomic mass is 10.1. The van der Waals surface area contributed by atoms with Crippen molar-refractivity contribution in [3.05, 3.63) is 53.6 Å². The maximum absolute atomic E-state index is 4.40. The van der Waals surface area contributed by atoms with Crippen LogP contribution in [0.25, 0.3) is 0 Å². The highest BCUT2D eigenvalue weighted by Crippen LogP contribution is 2.13. The van der Waals surface area contributed by atoms with Crippen molar-refractivity contribution < 1.29 is 0 Å². The fourth-order valence-electron chi connectivity index (χ4n) is 2.49. The van der Waals surface area contributed by atoms with Gasteiger partial charge in [0, 0.05) is 37.9 Å². The maximum Gasteiger partial charge on any atom is 0.110 e. The normalized spacial score (nSPS) is 18.6. The van der Waals surface area contributed by atoms with Gasteiger partial charge in [-0.25, -0.2) is 4.98 Å². The molecule has 0 radical (unpaired) electrons. The van der Waals surface area contributed by atoms with E-state index in [4.69, 9.17) is 0 Å². The fraction of sp³-hybridized carbons (Fsp3) is 0.400. The van der Waals surface area contributed by atoms with Crippen LogP contribution in [0.15, 0.2) is 36.7 Å². The molecule has 0 aliphatic carbocycles. The number of imidazole rings is 1. The second-order valence-corrected chi connectivity index (χ2v) is 5.09. The molecule has 3 rings (SSSR count). The van der Waals surface area contributed by atoms with Crippen LogP contribution in [-0.2, 0) is 19.5 Å². The number of rotatable bonds is 3. The molecule has 1 N–H and O–H groups in total. The summed E-state index contributed by atoms with van der Waals surface area (Å²) in [4.78, 5) is 4.40. The zero-order valence-electron chi connectivity index (χ0n) is 10.8. The summed E-state index contributed by atoms with van der Waals surface area (Å²) in [5.41, 5.74) is 2.67. The van der Waals surface area contributed by atoms with E-state index in [1.54, 1.807) is 0 Å². The third kappa shape index (κ3) is 2.46. The molecule has 1 atom stereocenters. The molecule has 0 amide bonds. The molecule has 0 unspecified atom stereocenters. The quantitative estimate of drug-likeness (QED) is 0.893. The Labute approximate surface area is 108 Å². The van der Waals surface area contributed by atoms with Gasteiger partial charge < -0.3 is 9.88 Å². The molecule has 0 spiro atoms. The molecule has 1 aliphatic rings. The van der Waals surface area contributed by atoms with Gasteiger partial charge in [0.25, 0.3) is 0 Å². The van der Waals surface area contributed by atoms with E-state index >= 15 is 0 Å². The summed E-state index contributed by atoms with van der Waals surface area (Å²) in [6, 6.07) is 9.30. The Bertz CT molecular complexity index is 513. The molecular formula is C15H19N3. The van der Waals surface area contributed by atoms with Crippen molar-refractivity contribution in [1.82, 2.24) is 14.9 Å². The Morgan fingerprint density at radius 3 is 3.00 bits per heavy atom. The summed E-state index contributed by atoms with van der Waals surface area (Å²) in [6.45, 7) is 4.16. The minimum absolute atomic E-state index is 0.557. The van der Waals surface area contributed by atoms with Crippen molar-refractivity contribution >= 4 is 0 Å². The van der Waals surface area contributed by atoms with Gasteiger partial charge in [0.1, 0.15) is 5.82 Å². The maximum atomic E-state index is 4.40. The number of aromatic nitrogens is 2. The first-order valence-corrected chi connectivity index (χ1v) is 6.60. The molecule has 18 heavy (non-hydrogen) atoms. The van der Waals surface area contributed by atoms with E-state index in [2.05, 4.69) is 52.3 Å². The van der Waals surface area contributed by atoms with E-state index in [1.165, 1.54) is 23.4 Å². The van der Waals surface area contributed by atoms with Crippen LogP contribution in [0.1, 0.15) is 23.4 Å². The highest BCUT2D eigenvalue weighted by molar-refractivity contribution is 5.21. The van der Waals surface area contributed by atoms with Gasteiger partial charge in [0.05, 0.1) is 0 Å². The minimum Gasteiger partial charge on any atom is -0.335 e. The molecule has 2 aromatic rings. The Balaban J connectivity index is 1.57. The van der Waals surface area contributed by atoms with E-state index in [-0.39, 0.29) is 0 Å². The van der Waals surface area contributed by atoms with Gasteiger partial charge in [-0.1, -0.05) is 29.8 Å². The summed E-state index contributed by atoms with van der Waals surface area (Å²) in [7, 11) is 0. The highest BCUT2D eigenvalue weighted by Gasteiger charge is 2.18. The Kier molecular flexibility index (Phi) is 3.15. The Morgan fingerprint density at radius 1 is 1.33 bits per heavy atom. The number of hydrogen-bond donors (Lipinski definition) is 1. The lowest BCUT2D eigenvalue weighted by Gasteiger charge is -2.24. The molecule has 0 fully saturated rings. The van der Waals surface area contributed by atoms with E-state index in [9.17, 15) is 0 Å². The number of nitrogens with one attached hydrogen (secondary N) is 1. The Morgan fingerprint density at radius 2 is 2.17 bits per heavy atom. The van der Waals surface area contributed by atoms with Crippen molar-refractivity contribution in [3.63, 3.8) is 0 Å². The van der Waals surface area contributed by atoms with Crippen LogP contribution in [-0.4, -0.2) is 15.6 Å². The molecule has 0 bridgehead atoms. The molecule has 1 aliphatic heterocycles. The van der Waals surface area contributed by atoms with Crippen molar-refractivity contribution in [3.8, 4) is 0 Å². The van der Waals surface area contributed by atoms with Gasteiger partial charge in [-0.05, 0) is 18.9 Å². The largest absolute Gasteiger partial charge is 0.335 e. The first kappa shape index (κ1) is 11.5. The second-order valence-electron chi connectivity index (χ2n) is 5.09. The number of aryl methyl sites for hydroxylation is 2. The van der Waals surface area contributed by atoms with Gasteiger partial charge in [-0.3, -0.25) is 0 Å². The average Bonchev–Trinajstić information content (AvgIpc) is 2.85. The molecule has 94 valence electrons. The van der Waals surface area contributed by atoms with Crippen molar-refractivity contribution in [2.45, 2.75) is 38.9 Å². The second kappa shape index (κ2) is 4.94. The molecule has 3 heteroatoms. The van der Waals surface area contributed by atoms with Crippen LogP contribution in [0, 0.1) is 6.92 Å².